The van der Waals surface area contributed by atoms with Crippen molar-refractivity contribution in [2.45, 2.75) is 13.0 Å². The zero-order valence-corrected chi connectivity index (χ0v) is 13.8. The molecular weight excluding hydrogens is 326 g/mol. The molecule has 2 aromatic rings. The lowest BCUT2D eigenvalue weighted by molar-refractivity contribution is 0.238. The Morgan fingerprint density at radius 3 is 2.19 bits per heavy atom. The van der Waals surface area contributed by atoms with Gasteiger partial charge in [-0.3, -0.25) is 4.90 Å². The van der Waals surface area contributed by atoms with Gasteiger partial charge in [0.15, 0.2) is 0 Å². The van der Waals surface area contributed by atoms with Crippen LogP contribution in [0.1, 0.15) is 12.0 Å². The lowest BCUT2D eigenvalue weighted by Gasteiger charge is -2.21. The Bertz CT molecular complexity index is 489. The van der Waals surface area contributed by atoms with Crippen molar-refractivity contribution in [2.24, 2.45) is 0 Å². The highest BCUT2D eigenvalue weighted by atomic mass is 79.9. The lowest BCUT2D eigenvalue weighted by atomic mass is 10.2. The molecule has 0 aliphatic rings. The van der Waals surface area contributed by atoms with Crippen LogP contribution in [0.4, 0.5) is 0 Å². The van der Waals surface area contributed by atoms with Gasteiger partial charge in [-0.1, -0.05) is 64.5 Å². The monoisotopic (exact) mass is 347 g/mol. The number of nitrogens with zero attached hydrogens (tertiary/aromatic N) is 1. The highest BCUT2D eigenvalue weighted by Gasteiger charge is 2.05. The Hall–Kier alpha value is -1.32. The van der Waals surface area contributed by atoms with E-state index in [-0.39, 0.29) is 0 Å². The summed E-state index contributed by atoms with van der Waals surface area (Å²) in [6, 6.07) is 20.6. The third-order valence-corrected chi connectivity index (χ3v) is 3.64. The van der Waals surface area contributed by atoms with E-state index in [1.807, 2.05) is 30.3 Å². The molecule has 0 fully saturated rings. The van der Waals surface area contributed by atoms with E-state index in [2.05, 4.69) is 51.2 Å². The van der Waals surface area contributed by atoms with Gasteiger partial charge in [0.1, 0.15) is 5.75 Å². The minimum absolute atomic E-state index is 0.761. The number of para-hydroxylation sites is 1. The molecule has 112 valence electrons. The van der Waals surface area contributed by atoms with Crippen molar-refractivity contribution in [3.63, 3.8) is 0 Å². The summed E-state index contributed by atoms with van der Waals surface area (Å²) in [4.78, 5) is 2.46. The third kappa shape index (κ3) is 6.32. The number of alkyl halides is 1. The van der Waals surface area contributed by atoms with Crippen LogP contribution in [0.2, 0.25) is 0 Å². The van der Waals surface area contributed by atoms with Gasteiger partial charge in [-0.25, -0.2) is 0 Å². The predicted octanol–water partition coefficient (Wildman–Crippen LogP) is 4.35. The first-order chi connectivity index (χ1) is 10.4. The van der Waals surface area contributed by atoms with Gasteiger partial charge in [-0.15, -0.1) is 0 Å². The van der Waals surface area contributed by atoms with Gasteiger partial charge in [0.25, 0.3) is 0 Å². The maximum absolute atomic E-state index is 5.75. The van der Waals surface area contributed by atoms with Crippen molar-refractivity contribution in [1.82, 2.24) is 4.90 Å². The number of ether oxygens (including phenoxy) is 1. The topological polar surface area (TPSA) is 12.5 Å². The van der Waals surface area contributed by atoms with E-state index in [1.54, 1.807) is 0 Å². The summed E-state index contributed by atoms with van der Waals surface area (Å²) in [5.74, 6) is 0.951. The van der Waals surface area contributed by atoms with Crippen LogP contribution < -0.4 is 4.74 Å². The Morgan fingerprint density at radius 2 is 1.52 bits per heavy atom. The summed E-state index contributed by atoms with van der Waals surface area (Å²) in [5, 5.41) is 0.999. The highest BCUT2D eigenvalue weighted by Crippen LogP contribution is 2.09. The van der Waals surface area contributed by atoms with Crippen LogP contribution >= 0.6 is 15.9 Å². The molecule has 0 amide bonds. The Morgan fingerprint density at radius 1 is 0.857 bits per heavy atom. The molecule has 0 heterocycles. The van der Waals surface area contributed by atoms with Gasteiger partial charge in [0.05, 0.1) is 6.61 Å². The maximum Gasteiger partial charge on any atom is 0.119 e. The second-order valence-corrected chi connectivity index (χ2v) is 5.76. The van der Waals surface area contributed by atoms with E-state index in [4.69, 9.17) is 4.74 Å². The zero-order chi connectivity index (χ0) is 14.8. The Balaban J connectivity index is 1.72. The number of benzene rings is 2. The molecule has 0 N–H and O–H groups in total. The van der Waals surface area contributed by atoms with E-state index in [0.29, 0.717) is 0 Å². The van der Waals surface area contributed by atoms with Crippen LogP contribution in [0.25, 0.3) is 0 Å². The van der Waals surface area contributed by atoms with Crippen LogP contribution in [0.5, 0.6) is 5.75 Å². The molecular formula is C18H22BrNO. The van der Waals surface area contributed by atoms with E-state index >= 15 is 0 Å². The fourth-order valence-electron chi connectivity index (χ4n) is 2.23. The zero-order valence-electron chi connectivity index (χ0n) is 12.2. The molecule has 0 saturated carbocycles. The molecule has 0 spiro atoms. The SMILES string of the molecule is BrCCN(CCCOc1ccccc1)Cc1ccccc1. The van der Waals surface area contributed by atoms with Crippen molar-refractivity contribution < 1.29 is 4.74 Å². The highest BCUT2D eigenvalue weighted by molar-refractivity contribution is 9.09. The smallest absolute Gasteiger partial charge is 0.119 e. The van der Waals surface area contributed by atoms with Crippen LogP contribution in [-0.4, -0.2) is 29.9 Å². The van der Waals surface area contributed by atoms with Crippen molar-refractivity contribution in [3.8, 4) is 5.75 Å². The summed E-state index contributed by atoms with van der Waals surface area (Å²) in [6.07, 6.45) is 1.04. The van der Waals surface area contributed by atoms with Crippen LogP contribution in [-0.2, 0) is 6.54 Å². The van der Waals surface area contributed by atoms with E-state index < -0.39 is 0 Å². The van der Waals surface area contributed by atoms with Crippen LogP contribution in [0.15, 0.2) is 60.7 Å². The summed E-state index contributed by atoms with van der Waals surface area (Å²) in [7, 11) is 0. The molecule has 0 aliphatic carbocycles. The molecule has 3 heteroatoms. The molecule has 0 bridgehead atoms. The quantitative estimate of drug-likeness (QED) is 0.493. The Kier molecular flexibility index (Phi) is 7.33. The first-order valence-electron chi connectivity index (χ1n) is 7.38. The minimum atomic E-state index is 0.761. The molecule has 0 radical (unpaired) electrons. The minimum Gasteiger partial charge on any atom is -0.494 e. The van der Waals surface area contributed by atoms with Crippen molar-refractivity contribution in [1.29, 1.82) is 0 Å². The molecule has 2 rings (SSSR count). The van der Waals surface area contributed by atoms with E-state index in [1.165, 1.54) is 5.56 Å². The largest absolute Gasteiger partial charge is 0.494 e. The number of rotatable bonds is 9. The number of halogens is 1. The molecule has 2 aromatic carbocycles. The first-order valence-corrected chi connectivity index (χ1v) is 8.51. The molecule has 0 unspecified atom stereocenters. The normalized spacial score (nSPS) is 10.8. The van der Waals surface area contributed by atoms with Crippen LogP contribution in [0, 0.1) is 0 Å². The molecule has 0 atom stereocenters. The third-order valence-electron chi connectivity index (χ3n) is 3.28. The van der Waals surface area contributed by atoms with Crippen LogP contribution in [0.3, 0.4) is 0 Å². The second kappa shape index (κ2) is 9.59. The maximum atomic E-state index is 5.75. The number of hydrogen-bond donors (Lipinski definition) is 0. The summed E-state index contributed by atoms with van der Waals surface area (Å²) in [6.45, 7) is 3.86. The molecule has 0 aliphatic heterocycles. The van der Waals surface area contributed by atoms with Gasteiger partial charge in [0.2, 0.25) is 0 Å². The van der Waals surface area contributed by atoms with E-state index in [9.17, 15) is 0 Å². The second-order valence-electron chi connectivity index (χ2n) is 4.97. The molecule has 2 nitrogen and oxygen atoms in total. The average Bonchev–Trinajstić information content (AvgIpc) is 2.54. The van der Waals surface area contributed by atoms with Crippen molar-refractivity contribution >= 4 is 15.9 Å². The fraction of sp³-hybridized carbons (Fsp3) is 0.333. The lowest BCUT2D eigenvalue weighted by Crippen LogP contribution is -2.27. The van der Waals surface area contributed by atoms with Gasteiger partial charge in [-0.2, -0.15) is 0 Å². The molecule has 21 heavy (non-hydrogen) atoms. The van der Waals surface area contributed by atoms with E-state index in [0.717, 1.165) is 43.7 Å². The molecule has 0 aromatic heterocycles. The Labute approximate surface area is 135 Å². The van der Waals surface area contributed by atoms with Crippen molar-refractivity contribution in [3.05, 3.63) is 66.2 Å². The van der Waals surface area contributed by atoms with Gasteiger partial charge >= 0.3 is 0 Å². The van der Waals surface area contributed by atoms with Crippen molar-refractivity contribution in [2.75, 3.05) is 25.0 Å². The summed E-state index contributed by atoms with van der Waals surface area (Å²) < 4.78 is 5.75. The predicted molar refractivity (Wildman–Crippen MR) is 92.1 cm³/mol. The summed E-state index contributed by atoms with van der Waals surface area (Å²) in [5.41, 5.74) is 1.36. The van der Waals surface area contributed by atoms with Gasteiger partial charge < -0.3 is 4.74 Å². The standard InChI is InChI=1S/C18H22BrNO/c19-12-14-20(16-17-8-3-1-4-9-17)13-7-15-21-18-10-5-2-6-11-18/h1-6,8-11H,7,12-16H2. The molecule has 0 saturated heterocycles. The summed E-state index contributed by atoms with van der Waals surface area (Å²) >= 11 is 3.54. The average molecular weight is 348 g/mol. The first kappa shape index (κ1) is 16.1. The van der Waals surface area contributed by atoms with Gasteiger partial charge in [-0.05, 0) is 24.1 Å². The number of hydrogen-bond acceptors (Lipinski definition) is 2. The van der Waals surface area contributed by atoms with Gasteiger partial charge in [0, 0.05) is 25.0 Å². The fourth-order valence-corrected chi connectivity index (χ4v) is 2.73.